The zero-order valence-corrected chi connectivity index (χ0v) is 24.9. The fourth-order valence-corrected chi connectivity index (χ4v) is 6.82. The maximum atomic E-state index is 13.5. The SMILES string of the molecule is COc1ccc(CCN2C(=O)/C(=C\c3c(C)c(C#N)c(=O)n(C)c3N3CC(C)CC(C)C3)SC2=S)cc1OC. The molecular formula is C29H34N4O4S2. The van der Waals surface area contributed by atoms with Crippen LogP contribution in [-0.4, -0.2) is 53.5 Å². The number of hydrogen-bond donors (Lipinski definition) is 0. The van der Waals surface area contributed by atoms with E-state index >= 15 is 0 Å². The highest BCUT2D eigenvalue weighted by molar-refractivity contribution is 8.26. The molecular weight excluding hydrogens is 532 g/mol. The van der Waals surface area contributed by atoms with Gasteiger partial charge in [-0.3, -0.25) is 19.1 Å². The molecule has 3 heterocycles. The van der Waals surface area contributed by atoms with Crippen LogP contribution in [0.4, 0.5) is 5.82 Å². The van der Waals surface area contributed by atoms with Crippen LogP contribution in [0.1, 0.15) is 42.5 Å². The van der Waals surface area contributed by atoms with Crippen molar-refractivity contribution in [1.29, 1.82) is 5.26 Å². The topological polar surface area (TPSA) is 87.8 Å². The Bertz CT molecular complexity index is 1430. The molecule has 0 bridgehead atoms. The summed E-state index contributed by atoms with van der Waals surface area (Å²) in [5, 5.41) is 9.76. The largest absolute Gasteiger partial charge is 0.493 e. The summed E-state index contributed by atoms with van der Waals surface area (Å²) in [7, 11) is 4.88. The van der Waals surface area contributed by atoms with Crippen molar-refractivity contribution < 1.29 is 14.3 Å². The molecule has 2 aromatic rings. The molecule has 0 N–H and O–H groups in total. The van der Waals surface area contributed by atoms with Crippen molar-refractivity contribution in [3.8, 4) is 17.6 Å². The molecule has 39 heavy (non-hydrogen) atoms. The summed E-state index contributed by atoms with van der Waals surface area (Å²) in [5.74, 6) is 2.76. The highest BCUT2D eigenvalue weighted by Crippen LogP contribution is 2.37. The van der Waals surface area contributed by atoms with E-state index in [-0.39, 0.29) is 17.0 Å². The molecule has 2 atom stereocenters. The third-order valence-electron chi connectivity index (χ3n) is 7.36. The lowest BCUT2D eigenvalue weighted by Gasteiger charge is -2.38. The quantitative estimate of drug-likeness (QED) is 0.358. The Labute approximate surface area is 239 Å². The van der Waals surface area contributed by atoms with Crippen LogP contribution in [0.2, 0.25) is 0 Å². The number of thiocarbonyl (C=S) groups is 1. The van der Waals surface area contributed by atoms with Gasteiger partial charge in [-0.2, -0.15) is 5.26 Å². The second kappa shape index (κ2) is 11.8. The summed E-state index contributed by atoms with van der Waals surface area (Å²) in [4.78, 5) is 30.9. The molecule has 8 nitrogen and oxygen atoms in total. The lowest BCUT2D eigenvalue weighted by atomic mass is 9.91. The molecule has 2 saturated heterocycles. The molecule has 4 rings (SSSR count). The van der Waals surface area contributed by atoms with Gasteiger partial charge in [0.1, 0.15) is 21.8 Å². The summed E-state index contributed by atoms with van der Waals surface area (Å²) >= 11 is 6.85. The van der Waals surface area contributed by atoms with E-state index in [1.54, 1.807) is 37.7 Å². The number of nitriles is 1. The van der Waals surface area contributed by atoms with Gasteiger partial charge in [-0.05, 0) is 60.9 Å². The van der Waals surface area contributed by atoms with Gasteiger partial charge in [0.25, 0.3) is 11.5 Å². The summed E-state index contributed by atoms with van der Waals surface area (Å²) in [6.45, 7) is 8.22. The molecule has 1 amide bonds. The van der Waals surface area contributed by atoms with Gasteiger partial charge in [0.2, 0.25) is 0 Å². The van der Waals surface area contributed by atoms with Crippen molar-refractivity contribution in [2.45, 2.75) is 33.6 Å². The average Bonchev–Trinajstić information content (AvgIpc) is 3.17. The molecule has 0 spiro atoms. The predicted molar refractivity (Wildman–Crippen MR) is 159 cm³/mol. The lowest BCUT2D eigenvalue weighted by molar-refractivity contribution is -0.122. The van der Waals surface area contributed by atoms with E-state index in [9.17, 15) is 14.9 Å². The van der Waals surface area contributed by atoms with E-state index in [0.717, 1.165) is 36.5 Å². The fraction of sp³-hybridized carbons (Fsp3) is 0.448. The Balaban J connectivity index is 1.68. The van der Waals surface area contributed by atoms with Gasteiger partial charge < -0.3 is 14.4 Å². The number of hydrogen-bond acceptors (Lipinski definition) is 8. The first-order chi connectivity index (χ1) is 18.6. The number of amides is 1. The summed E-state index contributed by atoms with van der Waals surface area (Å²) in [6.07, 6.45) is 3.52. The van der Waals surface area contributed by atoms with E-state index in [2.05, 4.69) is 24.8 Å². The molecule has 2 aliphatic heterocycles. The lowest BCUT2D eigenvalue weighted by Crippen LogP contribution is -2.42. The van der Waals surface area contributed by atoms with Crippen LogP contribution < -0.4 is 19.9 Å². The minimum Gasteiger partial charge on any atom is -0.493 e. The van der Waals surface area contributed by atoms with Gasteiger partial charge in [0, 0.05) is 32.2 Å². The van der Waals surface area contributed by atoms with Gasteiger partial charge in [0.05, 0.1) is 19.1 Å². The second-order valence-corrected chi connectivity index (χ2v) is 12.0. The number of nitrogens with zero attached hydrogens (tertiary/aromatic N) is 4. The molecule has 0 radical (unpaired) electrons. The predicted octanol–water partition coefficient (Wildman–Crippen LogP) is 4.51. The normalized spacial score (nSPS) is 20.5. The number of piperidine rings is 1. The number of methoxy groups -OCH3 is 2. The number of anilines is 1. The third-order valence-corrected chi connectivity index (χ3v) is 8.74. The summed E-state index contributed by atoms with van der Waals surface area (Å²) in [5.41, 5.74) is 2.06. The Hall–Kier alpha value is -3.29. The Kier molecular flexibility index (Phi) is 8.72. The van der Waals surface area contributed by atoms with Crippen molar-refractivity contribution in [3.05, 3.63) is 55.7 Å². The standard InChI is InChI=1S/C29H34N4O4S2/c1-17-11-18(2)16-32(15-17)26-21(19(3)22(14-30)27(34)31(26)4)13-25-28(35)33(29(38)39-25)10-9-20-7-8-23(36-5)24(12-20)37-6/h7-8,12-13,17-18H,9-11,15-16H2,1-6H3/b25-13+. The highest BCUT2D eigenvalue weighted by atomic mass is 32.2. The molecule has 2 fully saturated rings. The Morgan fingerprint density at radius 1 is 1.15 bits per heavy atom. The number of rotatable bonds is 7. The number of aromatic nitrogens is 1. The monoisotopic (exact) mass is 566 g/mol. The van der Waals surface area contributed by atoms with Crippen LogP contribution in [0.5, 0.6) is 11.5 Å². The molecule has 1 aromatic carbocycles. The van der Waals surface area contributed by atoms with E-state index in [1.807, 2.05) is 24.3 Å². The van der Waals surface area contributed by atoms with Gasteiger partial charge in [-0.15, -0.1) is 0 Å². The smallest absolute Gasteiger partial charge is 0.270 e. The molecule has 10 heteroatoms. The van der Waals surface area contributed by atoms with E-state index in [1.165, 1.54) is 11.8 Å². The first-order valence-corrected chi connectivity index (χ1v) is 14.2. The summed E-state index contributed by atoms with van der Waals surface area (Å²) < 4.78 is 12.8. The first-order valence-electron chi connectivity index (χ1n) is 12.9. The van der Waals surface area contributed by atoms with Gasteiger partial charge >= 0.3 is 0 Å². The number of benzene rings is 1. The average molecular weight is 567 g/mol. The number of ether oxygens (including phenoxy) is 2. The highest BCUT2D eigenvalue weighted by Gasteiger charge is 2.33. The van der Waals surface area contributed by atoms with E-state index < -0.39 is 0 Å². The Morgan fingerprint density at radius 2 is 1.82 bits per heavy atom. The molecule has 1 aromatic heterocycles. The van der Waals surface area contributed by atoms with Crippen molar-refractivity contribution >= 4 is 46.1 Å². The van der Waals surface area contributed by atoms with Crippen LogP contribution in [0.25, 0.3) is 6.08 Å². The number of carbonyl (C=O) groups excluding carboxylic acids is 1. The van der Waals surface area contributed by atoms with Gasteiger partial charge in [-0.25, -0.2) is 0 Å². The third kappa shape index (κ3) is 5.70. The van der Waals surface area contributed by atoms with Crippen molar-refractivity contribution in [2.75, 3.05) is 38.8 Å². The summed E-state index contributed by atoms with van der Waals surface area (Å²) in [6, 6.07) is 7.76. The van der Waals surface area contributed by atoms with Crippen molar-refractivity contribution in [3.63, 3.8) is 0 Å². The first kappa shape index (κ1) is 28.7. The van der Waals surface area contributed by atoms with Crippen LogP contribution in [0, 0.1) is 30.1 Å². The van der Waals surface area contributed by atoms with E-state index in [4.69, 9.17) is 21.7 Å². The van der Waals surface area contributed by atoms with Crippen LogP contribution >= 0.6 is 24.0 Å². The molecule has 2 unspecified atom stereocenters. The maximum Gasteiger partial charge on any atom is 0.270 e. The molecule has 0 saturated carbocycles. The number of carbonyl (C=O) groups is 1. The minimum absolute atomic E-state index is 0.0922. The molecule has 0 aliphatic carbocycles. The van der Waals surface area contributed by atoms with Crippen LogP contribution in [-0.2, 0) is 18.3 Å². The Morgan fingerprint density at radius 3 is 2.44 bits per heavy atom. The second-order valence-electron chi connectivity index (χ2n) is 10.3. The minimum atomic E-state index is -0.324. The van der Waals surface area contributed by atoms with E-state index in [0.29, 0.717) is 51.1 Å². The zero-order valence-electron chi connectivity index (χ0n) is 23.2. The van der Waals surface area contributed by atoms with Crippen LogP contribution in [0.3, 0.4) is 0 Å². The maximum absolute atomic E-state index is 13.5. The van der Waals surface area contributed by atoms with Crippen molar-refractivity contribution in [1.82, 2.24) is 9.47 Å². The van der Waals surface area contributed by atoms with Gasteiger partial charge in [0.15, 0.2) is 11.5 Å². The molecule has 2 aliphatic rings. The van der Waals surface area contributed by atoms with Gasteiger partial charge in [-0.1, -0.05) is 43.9 Å². The fourth-order valence-electron chi connectivity index (χ4n) is 5.53. The van der Waals surface area contributed by atoms with Crippen molar-refractivity contribution in [2.24, 2.45) is 18.9 Å². The number of pyridine rings is 1. The van der Waals surface area contributed by atoms with Crippen LogP contribution in [0.15, 0.2) is 27.9 Å². The number of thioether (sulfide) groups is 1. The zero-order chi connectivity index (χ0) is 28.4. The molecule has 206 valence electrons.